The average molecular weight is 324 g/mol. The van der Waals surface area contributed by atoms with Gasteiger partial charge in [-0.1, -0.05) is 41.6 Å². The summed E-state index contributed by atoms with van der Waals surface area (Å²) in [5, 5.41) is 29.4. The van der Waals surface area contributed by atoms with E-state index in [2.05, 4.69) is 35.5 Å². The monoisotopic (exact) mass is 324 g/mol. The molecule has 126 valence electrons. The van der Waals surface area contributed by atoms with Gasteiger partial charge in [0.15, 0.2) is 0 Å². The first-order valence-corrected chi connectivity index (χ1v) is 7.66. The smallest absolute Gasteiger partial charge is 0.120 e. The molecule has 1 rings (SSSR count). The zero-order chi connectivity index (χ0) is 18.6. The molecule has 0 radical (unpaired) electrons. The van der Waals surface area contributed by atoms with Crippen LogP contribution in [0.4, 0.5) is 0 Å². The van der Waals surface area contributed by atoms with Gasteiger partial charge in [0.2, 0.25) is 0 Å². The van der Waals surface area contributed by atoms with Crippen LogP contribution in [0.5, 0.6) is 0 Å². The third-order valence-electron chi connectivity index (χ3n) is 2.56. The van der Waals surface area contributed by atoms with Gasteiger partial charge >= 0.3 is 0 Å². The van der Waals surface area contributed by atoms with Crippen LogP contribution in [-0.4, -0.2) is 32.1 Å². The highest BCUT2D eigenvalue weighted by atomic mass is 16.3. The molecule has 0 heterocycles. The van der Waals surface area contributed by atoms with Gasteiger partial charge in [-0.3, -0.25) is 0 Å². The van der Waals surface area contributed by atoms with Crippen molar-refractivity contribution < 1.29 is 15.3 Å². The van der Waals surface area contributed by atoms with Gasteiger partial charge in [0.05, 0.1) is 5.56 Å². The predicted molar refractivity (Wildman–Crippen MR) is 96.0 cm³/mol. The van der Waals surface area contributed by atoms with E-state index in [-0.39, 0.29) is 0 Å². The summed E-state index contributed by atoms with van der Waals surface area (Å²) in [4.78, 5) is 0. The summed E-state index contributed by atoms with van der Waals surface area (Å²) in [5.74, 6) is 17.0. The standard InChI is InChI=1S/C21H24O3/c1-19(2,22)13-10-16-8-7-9-17(11-14-20(3,4)23)18(16)12-15-21(5,6)24/h7-9,22-24H,1-6H3. The summed E-state index contributed by atoms with van der Waals surface area (Å²) in [6, 6.07) is 5.35. The molecule has 0 bridgehead atoms. The van der Waals surface area contributed by atoms with Crippen LogP contribution in [0.1, 0.15) is 58.2 Å². The van der Waals surface area contributed by atoms with E-state index >= 15 is 0 Å². The lowest BCUT2D eigenvalue weighted by Gasteiger charge is -2.09. The Morgan fingerprint density at radius 1 is 0.625 bits per heavy atom. The molecule has 0 saturated carbocycles. The molecule has 0 aliphatic carbocycles. The van der Waals surface area contributed by atoms with Crippen molar-refractivity contribution in [1.29, 1.82) is 0 Å². The fourth-order valence-electron chi connectivity index (χ4n) is 1.55. The van der Waals surface area contributed by atoms with Crippen molar-refractivity contribution in [2.45, 2.75) is 58.3 Å². The molecule has 3 heteroatoms. The molecule has 0 aliphatic heterocycles. The van der Waals surface area contributed by atoms with Gasteiger partial charge < -0.3 is 15.3 Å². The van der Waals surface area contributed by atoms with E-state index in [4.69, 9.17) is 0 Å². The minimum Gasteiger partial charge on any atom is -0.378 e. The largest absolute Gasteiger partial charge is 0.378 e. The van der Waals surface area contributed by atoms with E-state index in [1.165, 1.54) is 0 Å². The van der Waals surface area contributed by atoms with Gasteiger partial charge in [0, 0.05) is 11.1 Å². The van der Waals surface area contributed by atoms with Crippen LogP contribution in [0.25, 0.3) is 0 Å². The van der Waals surface area contributed by atoms with E-state index in [0.717, 1.165) is 0 Å². The summed E-state index contributed by atoms with van der Waals surface area (Å²) in [6.45, 7) is 9.57. The summed E-state index contributed by atoms with van der Waals surface area (Å²) >= 11 is 0. The van der Waals surface area contributed by atoms with Crippen molar-refractivity contribution in [2.24, 2.45) is 0 Å². The number of aliphatic hydroxyl groups is 3. The SMILES string of the molecule is CC(C)(O)C#Cc1cccc(C#CC(C)(C)O)c1C#CC(C)(C)O. The van der Waals surface area contributed by atoms with E-state index in [1.54, 1.807) is 59.7 Å². The Morgan fingerprint density at radius 2 is 0.958 bits per heavy atom. The summed E-state index contributed by atoms with van der Waals surface area (Å²) < 4.78 is 0. The molecule has 0 atom stereocenters. The van der Waals surface area contributed by atoms with Crippen LogP contribution in [-0.2, 0) is 0 Å². The molecule has 0 aliphatic rings. The molecule has 0 spiro atoms. The van der Waals surface area contributed by atoms with Crippen molar-refractivity contribution in [3.63, 3.8) is 0 Å². The molecule has 3 nitrogen and oxygen atoms in total. The molecule has 0 saturated heterocycles. The third-order valence-corrected chi connectivity index (χ3v) is 2.56. The highest BCUT2D eigenvalue weighted by Crippen LogP contribution is 2.14. The molecule has 0 aromatic heterocycles. The number of rotatable bonds is 0. The van der Waals surface area contributed by atoms with Crippen molar-refractivity contribution in [2.75, 3.05) is 0 Å². The van der Waals surface area contributed by atoms with Crippen LogP contribution in [0.3, 0.4) is 0 Å². The molecule has 0 fully saturated rings. The zero-order valence-electron chi connectivity index (χ0n) is 15.1. The number of benzene rings is 1. The molecular weight excluding hydrogens is 300 g/mol. The maximum atomic E-state index is 9.85. The molecule has 24 heavy (non-hydrogen) atoms. The van der Waals surface area contributed by atoms with Crippen molar-refractivity contribution in [3.05, 3.63) is 34.9 Å². The van der Waals surface area contributed by atoms with Gasteiger partial charge in [0.25, 0.3) is 0 Å². The summed E-state index contributed by atoms with van der Waals surface area (Å²) in [6.07, 6.45) is 0. The first-order valence-electron chi connectivity index (χ1n) is 7.66. The van der Waals surface area contributed by atoms with E-state index in [9.17, 15) is 15.3 Å². The molecular formula is C21H24O3. The molecule has 1 aromatic rings. The summed E-state index contributed by atoms with van der Waals surface area (Å²) in [7, 11) is 0. The van der Waals surface area contributed by atoms with Crippen LogP contribution in [0, 0.1) is 35.5 Å². The highest BCUT2D eigenvalue weighted by molar-refractivity contribution is 5.60. The van der Waals surface area contributed by atoms with Gasteiger partial charge in [0.1, 0.15) is 16.8 Å². The minimum absolute atomic E-state index is 0.563. The van der Waals surface area contributed by atoms with Crippen LogP contribution in [0.15, 0.2) is 18.2 Å². The van der Waals surface area contributed by atoms with Crippen molar-refractivity contribution >= 4 is 0 Å². The van der Waals surface area contributed by atoms with Crippen molar-refractivity contribution in [3.8, 4) is 35.5 Å². The normalized spacial score (nSPS) is 11.4. The van der Waals surface area contributed by atoms with E-state index < -0.39 is 16.8 Å². The quantitative estimate of drug-likeness (QED) is 0.640. The predicted octanol–water partition coefficient (Wildman–Crippen LogP) is 2.05. The van der Waals surface area contributed by atoms with E-state index in [1.807, 2.05) is 0 Å². The summed E-state index contributed by atoms with van der Waals surface area (Å²) in [5.41, 5.74) is -1.63. The second-order valence-corrected chi connectivity index (χ2v) is 7.16. The zero-order valence-corrected chi connectivity index (χ0v) is 15.1. The van der Waals surface area contributed by atoms with Crippen LogP contribution >= 0.6 is 0 Å². The second-order valence-electron chi connectivity index (χ2n) is 7.16. The third kappa shape index (κ3) is 7.87. The van der Waals surface area contributed by atoms with Crippen molar-refractivity contribution in [1.82, 2.24) is 0 Å². The van der Waals surface area contributed by atoms with Crippen LogP contribution in [0.2, 0.25) is 0 Å². The topological polar surface area (TPSA) is 60.7 Å². The second kappa shape index (κ2) is 7.12. The molecule has 3 N–H and O–H groups in total. The first-order chi connectivity index (χ1) is 10.8. The average Bonchev–Trinajstić information content (AvgIpc) is 2.38. The lowest BCUT2D eigenvalue weighted by molar-refractivity contribution is 0.143. The fourth-order valence-corrected chi connectivity index (χ4v) is 1.55. The van der Waals surface area contributed by atoms with Crippen LogP contribution < -0.4 is 0 Å². The maximum Gasteiger partial charge on any atom is 0.120 e. The fraction of sp³-hybridized carbons (Fsp3) is 0.429. The Morgan fingerprint density at radius 3 is 1.29 bits per heavy atom. The Kier molecular flexibility index (Phi) is 5.89. The lowest BCUT2D eigenvalue weighted by Crippen LogP contribution is -2.15. The highest BCUT2D eigenvalue weighted by Gasteiger charge is 2.11. The Labute approximate surface area is 144 Å². The molecule has 1 aromatic carbocycles. The molecule has 0 amide bonds. The van der Waals surface area contributed by atoms with Gasteiger partial charge in [-0.15, -0.1) is 0 Å². The number of hydrogen-bond donors (Lipinski definition) is 3. The van der Waals surface area contributed by atoms with Gasteiger partial charge in [-0.2, -0.15) is 0 Å². The molecule has 0 unspecified atom stereocenters. The Balaban J connectivity index is 3.56. The Hall–Kier alpha value is -2.22. The number of hydrogen-bond acceptors (Lipinski definition) is 3. The Bertz CT molecular complexity index is 728. The first kappa shape index (κ1) is 19.8. The maximum absolute atomic E-state index is 9.85. The van der Waals surface area contributed by atoms with E-state index in [0.29, 0.717) is 16.7 Å². The minimum atomic E-state index is -1.16. The van der Waals surface area contributed by atoms with Gasteiger partial charge in [-0.05, 0) is 53.7 Å². The van der Waals surface area contributed by atoms with Gasteiger partial charge in [-0.25, -0.2) is 0 Å². The lowest BCUT2D eigenvalue weighted by atomic mass is 9.98.